The van der Waals surface area contributed by atoms with Crippen molar-refractivity contribution in [3.05, 3.63) is 54.7 Å². The number of guanidine groups is 1. The second-order valence-electron chi connectivity index (χ2n) is 7.43. The fraction of sp³-hybridized carbons (Fsp3) is 0.455. The molecule has 0 radical (unpaired) electrons. The van der Waals surface area contributed by atoms with Gasteiger partial charge in [-0.05, 0) is 36.8 Å². The number of nitrogens with zero attached hydrogens (tertiary/aromatic N) is 4. The van der Waals surface area contributed by atoms with Gasteiger partial charge in [0, 0.05) is 50.3 Å². The van der Waals surface area contributed by atoms with Gasteiger partial charge in [0.25, 0.3) is 0 Å². The third-order valence-electron chi connectivity index (χ3n) is 4.63. The molecule has 0 spiro atoms. The van der Waals surface area contributed by atoms with Crippen molar-refractivity contribution in [2.45, 2.75) is 46.8 Å². The van der Waals surface area contributed by atoms with E-state index in [2.05, 4.69) is 82.1 Å². The summed E-state index contributed by atoms with van der Waals surface area (Å²) in [5, 5.41) is 8.06. The number of imidazole rings is 1. The van der Waals surface area contributed by atoms with Crippen LogP contribution in [0, 0.1) is 5.92 Å². The Hall–Kier alpha value is -2.03. The molecule has 6 nitrogen and oxygen atoms in total. The molecule has 158 valence electrons. The number of para-hydroxylation sites is 1. The van der Waals surface area contributed by atoms with E-state index in [0.29, 0.717) is 12.5 Å². The molecule has 0 fully saturated rings. The number of benzene rings is 1. The van der Waals surface area contributed by atoms with Gasteiger partial charge in [-0.2, -0.15) is 0 Å². The van der Waals surface area contributed by atoms with Crippen molar-refractivity contribution in [2.75, 3.05) is 13.1 Å². The quantitative estimate of drug-likeness (QED) is 0.197. The number of aliphatic imine (C=N–C) groups is 1. The van der Waals surface area contributed by atoms with Crippen LogP contribution < -0.4 is 10.6 Å². The average Bonchev–Trinajstić information content (AvgIpc) is 3.29. The Labute approximate surface area is 190 Å². The van der Waals surface area contributed by atoms with Gasteiger partial charge in [-0.3, -0.25) is 0 Å². The van der Waals surface area contributed by atoms with Gasteiger partial charge in [-0.1, -0.05) is 32.0 Å². The summed E-state index contributed by atoms with van der Waals surface area (Å²) in [6, 6.07) is 10.7. The Bertz CT molecular complexity index is 895. The molecule has 29 heavy (non-hydrogen) atoms. The standard InChI is InChI=1S/C22H32N6.HI/c1-4-23-22(26-16-21-24-12-15-28(21)17-18(2)3)25-11-7-13-27-14-10-19-8-5-6-9-20(19)27;/h5-6,8-10,12,14-15,18H,4,7,11,13,16-17H2,1-3H3,(H2,23,25,26);1H. The lowest BCUT2D eigenvalue weighted by molar-refractivity contribution is 0.507. The summed E-state index contributed by atoms with van der Waals surface area (Å²) in [6.07, 6.45) is 7.09. The summed E-state index contributed by atoms with van der Waals surface area (Å²) < 4.78 is 4.50. The second-order valence-corrected chi connectivity index (χ2v) is 7.43. The zero-order valence-electron chi connectivity index (χ0n) is 17.6. The molecule has 0 aliphatic rings. The summed E-state index contributed by atoms with van der Waals surface area (Å²) in [4.78, 5) is 9.17. The van der Waals surface area contributed by atoms with Crippen molar-refractivity contribution >= 4 is 40.8 Å². The number of hydrogen-bond donors (Lipinski definition) is 2. The van der Waals surface area contributed by atoms with E-state index in [0.717, 1.165) is 44.4 Å². The van der Waals surface area contributed by atoms with Crippen molar-refractivity contribution in [2.24, 2.45) is 10.9 Å². The van der Waals surface area contributed by atoms with Gasteiger partial charge < -0.3 is 19.8 Å². The summed E-state index contributed by atoms with van der Waals surface area (Å²) in [5.74, 6) is 2.44. The molecule has 0 atom stereocenters. The predicted octanol–water partition coefficient (Wildman–Crippen LogP) is 4.26. The molecule has 2 heterocycles. The third kappa shape index (κ3) is 6.76. The lowest BCUT2D eigenvalue weighted by atomic mass is 10.2. The Balaban J connectivity index is 0.00000300. The monoisotopic (exact) mass is 508 g/mol. The van der Waals surface area contributed by atoms with Gasteiger partial charge in [-0.25, -0.2) is 9.98 Å². The zero-order valence-corrected chi connectivity index (χ0v) is 20.0. The second kappa shape index (κ2) is 11.8. The van der Waals surface area contributed by atoms with Gasteiger partial charge in [-0.15, -0.1) is 24.0 Å². The maximum atomic E-state index is 4.71. The van der Waals surface area contributed by atoms with Crippen LogP contribution in [-0.2, 0) is 19.6 Å². The Kier molecular flexibility index (Phi) is 9.50. The minimum atomic E-state index is 0. The highest BCUT2D eigenvalue weighted by atomic mass is 127. The van der Waals surface area contributed by atoms with Crippen LogP contribution in [0.3, 0.4) is 0 Å². The van der Waals surface area contributed by atoms with Crippen molar-refractivity contribution < 1.29 is 0 Å². The molecule has 0 saturated carbocycles. The minimum Gasteiger partial charge on any atom is -0.357 e. The highest BCUT2D eigenvalue weighted by Gasteiger charge is 2.05. The summed E-state index contributed by atoms with van der Waals surface area (Å²) >= 11 is 0. The number of halogens is 1. The van der Waals surface area contributed by atoms with Crippen LogP contribution in [-0.4, -0.2) is 33.2 Å². The number of nitrogens with one attached hydrogen (secondary N) is 2. The topological polar surface area (TPSA) is 59.2 Å². The Morgan fingerprint density at radius 1 is 1.10 bits per heavy atom. The molecule has 0 bridgehead atoms. The van der Waals surface area contributed by atoms with E-state index in [1.165, 1.54) is 10.9 Å². The van der Waals surface area contributed by atoms with Crippen LogP contribution >= 0.6 is 24.0 Å². The first-order valence-corrected chi connectivity index (χ1v) is 10.2. The number of fused-ring (bicyclic) bond motifs is 1. The Morgan fingerprint density at radius 3 is 2.72 bits per heavy atom. The number of hydrogen-bond acceptors (Lipinski definition) is 2. The molecule has 0 saturated heterocycles. The molecule has 2 aromatic heterocycles. The van der Waals surface area contributed by atoms with Gasteiger partial charge in [0.15, 0.2) is 5.96 Å². The lowest BCUT2D eigenvalue weighted by Gasteiger charge is -2.13. The van der Waals surface area contributed by atoms with Gasteiger partial charge >= 0.3 is 0 Å². The average molecular weight is 508 g/mol. The third-order valence-corrected chi connectivity index (χ3v) is 4.63. The van der Waals surface area contributed by atoms with E-state index in [9.17, 15) is 0 Å². The largest absolute Gasteiger partial charge is 0.357 e. The van der Waals surface area contributed by atoms with E-state index in [1.807, 2.05) is 12.4 Å². The normalized spacial score (nSPS) is 11.7. The Morgan fingerprint density at radius 2 is 1.93 bits per heavy atom. The first-order chi connectivity index (χ1) is 13.7. The molecular weight excluding hydrogens is 475 g/mol. The molecule has 0 aliphatic heterocycles. The van der Waals surface area contributed by atoms with Crippen LogP contribution in [0.4, 0.5) is 0 Å². The zero-order chi connectivity index (χ0) is 19.8. The molecule has 0 amide bonds. The highest BCUT2D eigenvalue weighted by molar-refractivity contribution is 14.0. The fourth-order valence-electron chi connectivity index (χ4n) is 3.33. The van der Waals surface area contributed by atoms with Crippen molar-refractivity contribution in [1.29, 1.82) is 0 Å². The van der Waals surface area contributed by atoms with E-state index < -0.39 is 0 Å². The molecule has 0 unspecified atom stereocenters. The van der Waals surface area contributed by atoms with Crippen LogP contribution in [0.1, 0.15) is 33.0 Å². The summed E-state index contributed by atoms with van der Waals surface area (Å²) in [6.45, 7) is 10.8. The first kappa shape index (κ1) is 23.3. The number of aromatic nitrogens is 3. The lowest BCUT2D eigenvalue weighted by Crippen LogP contribution is -2.38. The first-order valence-electron chi connectivity index (χ1n) is 10.2. The highest BCUT2D eigenvalue weighted by Crippen LogP contribution is 2.15. The van der Waals surface area contributed by atoms with E-state index >= 15 is 0 Å². The van der Waals surface area contributed by atoms with Crippen molar-refractivity contribution in [3.63, 3.8) is 0 Å². The number of rotatable bonds is 9. The van der Waals surface area contributed by atoms with Crippen molar-refractivity contribution in [3.8, 4) is 0 Å². The predicted molar refractivity (Wildman–Crippen MR) is 132 cm³/mol. The molecule has 1 aromatic carbocycles. The van der Waals surface area contributed by atoms with E-state index in [4.69, 9.17) is 4.99 Å². The van der Waals surface area contributed by atoms with E-state index in [-0.39, 0.29) is 24.0 Å². The van der Waals surface area contributed by atoms with Crippen LogP contribution in [0.15, 0.2) is 53.9 Å². The van der Waals surface area contributed by atoms with Crippen LogP contribution in [0.5, 0.6) is 0 Å². The summed E-state index contributed by atoms with van der Waals surface area (Å²) in [7, 11) is 0. The smallest absolute Gasteiger partial charge is 0.191 e. The molecule has 7 heteroatoms. The number of aryl methyl sites for hydroxylation is 1. The SMILES string of the molecule is CCNC(=NCc1nccn1CC(C)C)NCCCn1ccc2ccccc21.I. The molecule has 3 aromatic rings. The minimum absolute atomic E-state index is 0. The van der Waals surface area contributed by atoms with Crippen LogP contribution in [0.25, 0.3) is 10.9 Å². The maximum absolute atomic E-state index is 4.71. The molecule has 2 N–H and O–H groups in total. The summed E-state index contributed by atoms with van der Waals surface area (Å²) in [5.41, 5.74) is 1.29. The molecule has 0 aliphatic carbocycles. The molecular formula is C22H33IN6. The fourth-order valence-corrected chi connectivity index (χ4v) is 3.33. The van der Waals surface area contributed by atoms with Crippen LogP contribution in [0.2, 0.25) is 0 Å². The van der Waals surface area contributed by atoms with Gasteiger partial charge in [0.1, 0.15) is 12.4 Å². The van der Waals surface area contributed by atoms with Gasteiger partial charge in [0.05, 0.1) is 0 Å². The van der Waals surface area contributed by atoms with Gasteiger partial charge in [0.2, 0.25) is 0 Å². The van der Waals surface area contributed by atoms with Crippen molar-refractivity contribution in [1.82, 2.24) is 24.8 Å². The maximum Gasteiger partial charge on any atom is 0.191 e. The van der Waals surface area contributed by atoms with E-state index in [1.54, 1.807) is 0 Å². The molecule has 3 rings (SSSR count).